The van der Waals surface area contributed by atoms with E-state index in [0.717, 1.165) is 12.8 Å². The summed E-state index contributed by atoms with van der Waals surface area (Å²) in [6, 6.07) is 12.8. The topological polar surface area (TPSA) is 63.5 Å². The van der Waals surface area contributed by atoms with Crippen molar-refractivity contribution in [3.63, 3.8) is 0 Å². The number of hydrogen-bond acceptors (Lipinski definition) is 3. The summed E-state index contributed by atoms with van der Waals surface area (Å²) in [4.78, 5) is 24.9. The van der Waals surface area contributed by atoms with Gasteiger partial charge >= 0.3 is 0 Å². The van der Waals surface area contributed by atoms with Gasteiger partial charge in [0.15, 0.2) is 0 Å². The zero-order valence-corrected chi connectivity index (χ0v) is 13.2. The second kappa shape index (κ2) is 5.83. The third-order valence-electron chi connectivity index (χ3n) is 4.53. The smallest absolute Gasteiger partial charge is 0.272 e. The van der Waals surface area contributed by atoms with Crippen LogP contribution < -0.4 is 0 Å². The maximum Gasteiger partial charge on any atom is 0.272 e. The number of amides is 1. The number of nitrogens with zero attached hydrogens (tertiary/aromatic N) is 2. The van der Waals surface area contributed by atoms with Crippen LogP contribution >= 0.6 is 0 Å². The summed E-state index contributed by atoms with van der Waals surface area (Å²) in [6.45, 7) is 1.65. The first-order chi connectivity index (χ1) is 11.0. The number of benzene rings is 2. The van der Waals surface area contributed by atoms with Crippen molar-refractivity contribution in [1.29, 1.82) is 0 Å². The van der Waals surface area contributed by atoms with Crippen LogP contribution in [0.3, 0.4) is 0 Å². The zero-order chi connectivity index (χ0) is 16.6. The summed E-state index contributed by atoms with van der Waals surface area (Å²) >= 11 is 0. The van der Waals surface area contributed by atoms with Gasteiger partial charge in [0, 0.05) is 24.2 Å². The Hall–Kier alpha value is -2.69. The molecule has 0 fully saturated rings. The van der Waals surface area contributed by atoms with Crippen molar-refractivity contribution in [2.45, 2.75) is 25.8 Å². The zero-order valence-electron chi connectivity index (χ0n) is 13.2. The first-order valence-electron chi connectivity index (χ1n) is 7.59. The van der Waals surface area contributed by atoms with Gasteiger partial charge in [-0.2, -0.15) is 0 Å². The molecule has 0 aliphatic heterocycles. The predicted octanol–water partition coefficient (Wildman–Crippen LogP) is 3.66. The van der Waals surface area contributed by atoms with E-state index in [-0.39, 0.29) is 17.6 Å². The second-order valence-electron chi connectivity index (χ2n) is 5.93. The van der Waals surface area contributed by atoms with E-state index < -0.39 is 4.92 Å². The van der Waals surface area contributed by atoms with E-state index in [9.17, 15) is 14.9 Å². The van der Waals surface area contributed by atoms with Gasteiger partial charge in [0.25, 0.3) is 11.6 Å². The average molecular weight is 310 g/mol. The highest BCUT2D eigenvalue weighted by Gasteiger charge is 2.29. The molecule has 0 unspecified atom stereocenters. The maximum atomic E-state index is 12.7. The molecule has 1 atom stereocenters. The Bertz CT molecular complexity index is 786. The molecule has 0 aromatic heterocycles. The third-order valence-corrected chi connectivity index (χ3v) is 4.53. The molecule has 0 heterocycles. The van der Waals surface area contributed by atoms with Crippen LogP contribution in [0.1, 0.15) is 39.5 Å². The molecule has 1 amide bonds. The van der Waals surface area contributed by atoms with Crippen LogP contribution in [0.4, 0.5) is 5.69 Å². The van der Waals surface area contributed by atoms with E-state index in [1.807, 2.05) is 12.1 Å². The number of carbonyl (C=O) groups is 1. The molecule has 5 heteroatoms. The minimum absolute atomic E-state index is 0.0374. The van der Waals surface area contributed by atoms with Crippen LogP contribution in [0.2, 0.25) is 0 Å². The van der Waals surface area contributed by atoms with Gasteiger partial charge in [0.05, 0.1) is 11.0 Å². The number of rotatable bonds is 3. The highest BCUT2D eigenvalue weighted by atomic mass is 16.6. The number of nitro groups is 1. The van der Waals surface area contributed by atoms with Gasteiger partial charge < -0.3 is 4.90 Å². The molecule has 1 aliphatic carbocycles. The molecule has 118 valence electrons. The van der Waals surface area contributed by atoms with Crippen molar-refractivity contribution in [2.24, 2.45) is 0 Å². The Morgan fingerprint density at radius 1 is 1.26 bits per heavy atom. The molecular weight excluding hydrogens is 292 g/mol. The number of aryl methyl sites for hydroxylation is 2. The molecule has 0 saturated carbocycles. The van der Waals surface area contributed by atoms with Crippen molar-refractivity contribution in [3.8, 4) is 0 Å². The van der Waals surface area contributed by atoms with Gasteiger partial charge in [-0.1, -0.05) is 24.3 Å². The molecule has 0 N–H and O–H groups in total. The van der Waals surface area contributed by atoms with Gasteiger partial charge in [-0.25, -0.2) is 0 Å². The number of hydrogen-bond donors (Lipinski definition) is 0. The Balaban J connectivity index is 1.86. The first kappa shape index (κ1) is 15.2. The van der Waals surface area contributed by atoms with E-state index in [4.69, 9.17) is 0 Å². The van der Waals surface area contributed by atoms with Crippen molar-refractivity contribution in [3.05, 3.63) is 74.8 Å². The molecule has 0 radical (unpaired) electrons. The van der Waals surface area contributed by atoms with Gasteiger partial charge in [0.2, 0.25) is 0 Å². The normalized spacial score (nSPS) is 16.0. The fourth-order valence-electron chi connectivity index (χ4n) is 3.28. The Morgan fingerprint density at radius 2 is 2.00 bits per heavy atom. The van der Waals surface area contributed by atoms with Crippen LogP contribution in [0.25, 0.3) is 0 Å². The molecule has 0 bridgehead atoms. The fourth-order valence-corrected chi connectivity index (χ4v) is 3.28. The van der Waals surface area contributed by atoms with Gasteiger partial charge in [-0.15, -0.1) is 0 Å². The average Bonchev–Trinajstić information content (AvgIpc) is 2.97. The van der Waals surface area contributed by atoms with E-state index in [1.165, 1.54) is 23.3 Å². The van der Waals surface area contributed by atoms with Crippen LogP contribution in [-0.4, -0.2) is 22.8 Å². The molecule has 5 nitrogen and oxygen atoms in total. The first-order valence-corrected chi connectivity index (χ1v) is 7.59. The minimum atomic E-state index is -0.430. The highest BCUT2D eigenvalue weighted by molar-refractivity contribution is 5.95. The monoisotopic (exact) mass is 310 g/mol. The summed E-state index contributed by atoms with van der Waals surface area (Å²) in [7, 11) is 1.80. The largest absolute Gasteiger partial charge is 0.335 e. The summed E-state index contributed by atoms with van der Waals surface area (Å²) in [5.41, 5.74) is 3.51. The lowest BCUT2D eigenvalue weighted by Gasteiger charge is -2.25. The van der Waals surface area contributed by atoms with E-state index in [2.05, 4.69) is 12.1 Å². The SMILES string of the molecule is Cc1cc(C(=O)N(C)[C@H]2CCc3ccccc32)ccc1[N+](=O)[O-]. The third kappa shape index (κ3) is 2.70. The number of carbonyl (C=O) groups excluding carboxylic acids is 1. The predicted molar refractivity (Wildman–Crippen MR) is 87.4 cm³/mol. The fraction of sp³-hybridized carbons (Fsp3) is 0.278. The lowest BCUT2D eigenvalue weighted by atomic mass is 10.0. The van der Waals surface area contributed by atoms with Gasteiger partial charge in [-0.3, -0.25) is 14.9 Å². The summed E-state index contributed by atoms with van der Waals surface area (Å²) in [5, 5.41) is 10.9. The maximum absolute atomic E-state index is 12.7. The molecular formula is C18H18N2O3. The summed E-state index contributed by atoms with van der Waals surface area (Å²) < 4.78 is 0. The van der Waals surface area contributed by atoms with Crippen molar-refractivity contribution >= 4 is 11.6 Å². The quantitative estimate of drug-likeness (QED) is 0.642. The second-order valence-corrected chi connectivity index (χ2v) is 5.93. The van der Waals surface area contributed by atoms with E-state index in [0.29, 0.717) is 11.1 Å². The number of nitro benzene ring substituents is 1. The Kier molecular flexibility index (Phi) is 3.86. The molecule has 3 rings (SSSR count). The van der Waals surface area contributed by atoms with Crippen LogP contribution in [0.5, 0.6) is 0 Å². The molecule has 23 heavy (non-hydrogen) atoms. The molecule has 0 spiro atoms. The number of fused-ring (bicyclic) bond motifs is 1. The Labute approximate surface area is 134 Å². The van der Waals surface area contributed by atoms with E-state index in [1.54, 1.807) is 24.9 Å². The standard InChI is InChI=1S/C18H18N2O3/c1-12-11-14(8-9-16(12)20(22)23)18(21)19(2)17-10-7-13-5-3-4-6-15(13)17/h3-6,8-9,11,17H,7,10H2,1-2H3/t17-/m0/s1. The van der Waals surface area contributed by atoms with Gasteiger partial charge in [-0.05, 0) is 43.0 Å². The lowest BCUT2D eigenvalue weighted by Crippen LogP contribution is -2.30. The van der Waals surface area contributed by atoms with Crippen LogP contribution in [-0.2, 0) is 6.42 Å². The Morgan fingerprint density at radius 3 is 2.70 bits per heavy atom. The van der Waals surface area contributed by atoms with Crippen molar-refractivity contribution in [1.82, 2.24) is 4.90 Å². The molecule has 2 aromatic carbocycles. The van der Waals surface area contributed by atoms with Crippen LogP contribution in [0.15, 0.2) is 42.5 Å². The minimum Gasteiger partial charge on any atom is -0.335 e. The lowest BCUT2D eigenvalue weighted by molar-refractivity contribution is -0.385. The molecule has 2 aromatic rings. The summed E-state index contributed by atoms with van der Waals surface area (Å²) in [5.74, 6) is -0.107. The summed E-state index contributed by atoms with van der Waals surface area (Å²) in [6.07, 6.45) is 1.88. The van der Waals surface area contributed by atoms with Crippen molar-refractivity contribution in [2.75, 3.05) is 7.05 Å². The van der Waals surface area contributed by atoms with E-state index >= 15 is 0 Å². The highest BCUT2D eigenvalue weighted by Crippen LogP contribution is 2.35. The van der Waals surface area contributed by atoms with Crippen molar-refractivity contribution < 1.29 is 9.72 Å². The van der Waals surface area contributed by atoms with Crippen LogP contribution in [0, 0.1) is 17.0 Å². The molecule has 1 aliphatic rings. The molecule has 0 saturated heterocycles. The van der Waals surface area contributed by atoms with Gasteiger partial charge in [0.1, 0.15) is 0 Å².